The summed E-state index contributed by atoms with van der Waals surface area (Å²) >= 11 is 6.04. The van der Waals surface area contributed by atoms with Crippen LogP contribution in [0.2, 0.25) is 5.02 Å². The number of amides is 1. The normalized spacial score (nSPS) is 13.8. The third-order valence-electron chi connectivity index (χ3n) is 4.92. The number of carbonyl (C=O) groups excluding carboxylic acids is 1. The van der Waals surface area contributed by atoms with Gasteiger partial charge in [0.15, 0.2) is 0 Å². The van der Waals surface area contributed by atoms with Crippen molar-refractivity contribution in [2.24, 2.45) is 5.92 Å². The van der Waals surface area contributed by atoms with Gasteiger partial charge < -0.3 is 10.6 Å². The van der Waals surface area contributed by atoms with E-state index in [2.05, 4.69) is 24.5 Å². The maximum atomic E-state index is 13.0. The minimum atomic E-state index is -4.48. The molecule has 0 saturated heterocycles. The fourth-order valence-electron chi connectivity index (χ4n) is 2.98. The number of alkyl halides is 3. The molecule has 0 aliphatic rings. The van der Waals surface area contributed by atoms with E-state index < -0.39 is 17.8 Å². The summed E-state index contributed by atoms with van der Waals surface area (Å²) in [6.45, 7) is 7.88. The summed E-state index contributed by atoms with van der Waals surface area (Å²) in [5, 5.41) is 5.87. The van der Waals surface area contributed by atoms with Gasteiger partial charge in [0.1, 0.15) is 6.04 Å². The third-order valence-corrected chi connectivity index (χ3v) is 5.23. The Bertz CT molecular complexity index is 852. The highest BCUT2D eigenvalue weighted by Crippen LogP contribution is 2.34. The first-order valence-corrected chi connectivity index (χ1v) is 9.95. The second-order valence-corrected chi connectivity index (χ2v) is 7.85. The molecule has 0 bridgehead atoms. The number of halogens is 4. The zero-order valence-corrected chi connectivity index (χ0v) is 17.7. The number of para-hydroxylation sites is 1. The SMILES string of the molecule is CCC(C)c1ccccc1NC(=O)[C@@H](Nc1ccc(C(F)(F)F)cc1Cl)C(C)C. The van der Waals surface area contributed by atoms with Gasteiger partial charge in [0.2, 0.25) is 5.91 Å². The van der Waals surface area contributed by atoms with Crippen LogP contribution >= 0.6 is 11.6 Å². The van der Waals surface area contributed by atoms with Crippen molar-refractivity contribution in [1.29, 1.82) is 0 Å². The van der Waals surface area contributed by atoms with Crippen LogP contribution in [0.15, 0.2) is 42.5 Å². The number of hydrogen-bond acceptors (Lipinski definition) is 2. The summed E-state index contributed by atoms with van der Waals surface area (Å²) in [5.74, 6) is -0.114. The first-order chi connectivity index (χ1) is 13.5. The van der Waals surface area contributed by atoms with Gasteiger partial charge in [-0.05, 0) is 48.1 Å². The molecule has 2 rings (SSSR count). The summed E-state index contributed by atoms with van der Waals surface area (Å²) in [7, 11) is 0. The van der Waals surface area contributed by atoms with Gasteiger partial charge in [-0.1, -0.05) is 57.5 Å². The number of nitrogens with one attached hydrogen (secondary N) is 2. The summed E-state index contributed by atoms with van der Waals surface area (Å²) in [4.78, 5) is 13.0. The maximum Gasteiger partial charge on any atom is 0.416 e. The standard InChI is InChI=1S/C22H26ClF3N2O/c1-5-14(4)16-8-6-7-9-18(16)28-21(29)20(13(2)3)27-19-11-10-15(12-17(19)23)22(24,25)26/h6-14,20,27H,5H2,1-4H3,(H,28,29)/t14?,20-/m0/s1. The molecular formula is C22H26ClF3N2O. The highest BCUT2D eigenvalue weighted by atomic mass is 35.5. The highest BCUT2D eigenvalue weighted by molar-refractivity contribution is 6.33. The Kier molecular flexibility index (Phi) is 7.58. The number of carbonyl (C=O) groups is 1. The molecule has 0 aliphatic carbocycles. The van der Waals surface area contributed by atoms with Crippen molar-refractivity contribution in [3.05, 3.63) is 58.6 Å². The topological polar surface area (TPSA) is 41.1 Å². The van der Waals surface area contributed by atoms with Crippen LogP contribution in [0.25, 0.3) is 0 Å². The molecule has 3 nitrogen and oxygen atoms in total. The van der Waals surface area contributed by atoms with Crippen molar-refractivity contribution < 1.29 is 18.0 Å². The lowest BCUT2D eigenvalue weighted by Crippen LogP contribution is -2.39. The Morgan fingerprint density at radius 3 is 2.28 bits per heavy atom. The molecule has 2 atom stereocenters. The van der Waals surface area contributed by atoms with Crippen molar-refractivity contribution in [1.82, 2.24) is 0 Å². The van der Waals surface area contributed by atoms with Crippen LogP contribution in [0.1, 0.15) is 51.2 Å². The van der Waals surface area contributed by atoms with Gasteiger partial charge in [0.05, 0.1) is 16.3 Å². The van der Waals surface area contributed by atoms with Crippen LogP contribution in [0, 0.1) is 5.92 Å². The molecule has 0 saturated carbocycles. The lowest BCUT2D eigenvalue weighted by molar-refractivity contribution is -0.137. The van der Waals surface area contributed by atoms with E-state index in [1.54, 1.807) is 0 Å². The van der Waals surface area contributed by atoms with E-state index in [-0.39, 0.29) is 28.5 Å². The summed E-state index contributed by atoms with van der Waals surface area (Å²) < 4.78 is 38.5. The molecule has 2 aromatic carbocycles. The molecule has 0 radical (unpaired) electrons. The fraction of sp³-hybridized carbons (Fsp3) is 0.409. The van der Waals surface area contributed by atoms with Crippen LogP contribution in [-0.2, 0) is 11.0 Å². The average molecular weight is 427 g/mol. The van der Waals surface area contributed by atoms with E-state index in [0.717, 1.165) is 29.8 Å². The van der Waals surface area contributed by atoms with Gasteiger partial charge >= 0.3 is 6.18 Å². The molecule has 158 valence electrons. The predicted octanol–water partition coefficient (Wildman–Crippen LogP) is 6.95. The molecular weight excluding hydrogens is 401 g/mol. The van der Waals surface area contributed by atoms with Gasteiger partial charge in [-0.2, -0.15) is 13.2 Å². The van der Waals surface area contributed by atoms with Crippen molar-refractivity contribution in [3.63, 3.8) is 0 Å². The molecule has 1 unspecified atom stereocenters. The van der Waals surface area contributed by atoms with Crippen molar-refractivity contribution >= 4 is 28.9 Å². The molecule has 0 aromatic heterocycles. The Hall–Kier alpha value is -2.21. The zero-order chi connectivity index (χ0) is 21.8. The van der Waals surface area contributed by atoms with Gasteiger partial charge in [0.25, 0.3) is 0 Å². The minimum absolute atomic E-state index is 0.0849. The summed E-state index contributed by atoms with van der Waals surface area (Å²) in [6.07, 6.45) is -3.55. The minimum Gasteiger partial charge on any atom is -0.372 e. The van der Waals surface area contributed by atoms with Gasteiger partial charge in [-0.3, -0.25) is 4.79 Å². The average Bonchev–Trinajstić information content (AvgIpc) is 2.65. The fourth-order valence-corrected chi connectivity index (χ4v) is 3.22. The Morgan fingerprint density at radius 1 is 1.07 bits per heavy atom. The lowest BCUT2D eigenvalue weighted by Gasteiger charge is -2.25. The third kappa shape index (κ3) is 5.89. The Balaban J connectivity index is 2.24. The zero-order valence-electron chi connectivity index (χ0n) is 16.9. The number of anilines is 2. The van der Waals surface area contributed by atoms with Crippen LogP contribution in [0.4, 0.5) is 24.5 Å². The molecule has 0 aliphatic heterocycles. The number of benzene rings is 2. The molecule has 0 fully saturated rings. The molecule has 29 heavy (non-hydrogen) atoms. The first kappa shape index (κ1) is 23.1. The molecule has 2 aromatic rings. The first-order valence-electron chi connectivity index (χ1n) is 9.57. The monoisotopic (exact) mass is 426 g/mol. The molecule has 7 heteroatoms. The summed E-state index contributed by atoms with van der Waals surface area (Å²) in [5.41, 5.74) is 1.22. The van der Waals surface area contributed by atoms with Gasteiger partial charge in [-0.25, -0.2) is 0 Å². The van der Waals surface area contributed by atoms with E-state index in [4.69, 9.17) is 11.6 Å². The predicted molar refractivity (Wildman–Crippen MR) is 112 cm³/mol. The quantitative estimate of drug-likeness (QED) is 0.503. The van der Waals surface area contributed by atoms with E-state index in [0.29, 0.717) is 0 Å². The Morgan fingerprint density at radius 2 is 1.72 bits per heavy atom. The maximum absolute atomic E-state index is 13.0. The van der Waals surface area contributed by atoms with Crippen LogP contribution in [-0.4, -0.2) is 11.9 Å². The number of hydrogen-bond donors (Lipinski definition) is 2. The van der Waals surface area contributed by atoms with E-state index in [1.807, 2.05) is 38.1 Å². The van der Waals surface area contributed by atoms with Crippen LogP contribution < -0.4 is 10.6 Å². The number of rotatable bonds is 7. The van der Waals surface area contributed by atoms with E-state index >= 15 is 0 Å². The molecule has 0 spiro atoms. The molecule has 1 amide bonds. The van der Waals surface area contributed by atoms with Crippen molar-refractivity contribution in [2.75, 3.05) is 10.6 Å². The smallest absolute Gasteiger partial charge is 0.372 e. The second-order valence-electron chi connectivity index (χ2n) is 7.44. The molecule has 0 heterocycles. The largest absolute Gasteiger partial charge is 0.416 e. The van der Waals surface area contributed by atoms with Crippen LogP contribution in [0.5, 0.6) is 0 Å². The molecule has 2 N–H and O–H groups in total. The van der Waals surface area contributed by atoms with Gasteiger partial charge in [-0.15, -0.1) is 0 Å². The van der Waals surface area contributed by atoms with Crippen molar-refractivity contribution in [2.45, 2.75) is 52.3 Å². The highest BCUT2D eigenvalue weighted by Gasteiger charge is 2.31. The summed E-state index contributed by atoms with van der Waals surface area (Å²) in [6, 6.07) is 9.99. The van der Waals surface area contributed by atoms with Gasteiger partial charge in [0, 0.05) is 5.69 Å². The van der Waals surface area contributed by atoms with Crippen molar-refractivity contribution in [3.8, 4) is 0 Å². The van der Waals surface area contributed by atoms with E-state index in [1.165, 1.54) is 6.07 Å². The lowest BCUT2D eigenvalue weighted by atomic mass is 9.96. The van der Waals surface area contributed by atoms with Crippen LogP contribution in [0.3, 0.4) is 0 Å². The Labute approximate surface area is 174 Å². The second kappa shape index (κ2) is 9.53. The van der Waals surface area contributed by atoms with E-state index in [9.17, 15) is 18.0 Å².